The summed E-state index contributed by atoms with van der Waals surface area (Å²) in [6, 6.07) is 1.59. The van der Waals surface area contributed by atoms with Crippen LogP contribution in [0, 0.1) is 0 Å². The molecule has 0 aliphatic carbocycles. The largest absolute Gasteiger partial charge is 0.473 e. The molecule has 2 fully saturated rings. The highest BCUT2D eigenvalue weighted by molar-refractivity contribution is 7.89. The smallest absolute Gasteiger partial charge is 0.416 e. The number of likely N-dealkylation sites (tertiary alicyclic amines) is 1. The Morgan fingerprint density at radius 1 is 1.21 bits per heavy atom. The predicted molar refractivity (Wildman–Crippen MR) is 94.2 cm³/mol. The van der Waals surface area contributed by atoms with Crippen molar-refractivity contribution in [3.63, 3.8) is 0 Å². The van der Waals surface area contributed by atoms with Crippen molar-refractivity contribution in [2.75, 3.05) is 25.4 Å². The van der Waals surface area contributed by atoms with Crippen LogP contribution < -0.4 is 4.74 Å². The molecule has 1 unspecified atom stereocenters. The average Bonchev–Trinajstić information content (AvgIpc) is 3.10. The van der Waals surface area contributed by atoms with Gasteiger partial charge < -0.3 is 4.74 Å². The lowest BCUT2D eigenvalue weighted by Gasteiger charge is -2.25. The molecule has 1 aromatic heterocycles. The molecular formula is C17H20F3N3O5S. The highest BCUT2D eigenvalue weighted by Gasteiger charge is 2.35. The van der Waals surface area contributed by atoms with Gasteiger partial charge in [0.05, 0.1) is 17.9 Å². The maximum atomic E-state index is 12.8. The van der Waals surface area contributed by atoms with E-state index >= 15 is 0 Å². The number of ether oxygens (including phenoxy) is 1. The van der Waals surface area contributed by atoms with Gasteiger partial charge in [0.2, 0.25) is 27.7 Å². The molecule has 0 radical (unpaired) electrons. The SMILES string of the molecule is O=C1CCCC(=O)N1CCS(=O)(=O)N1CCC(Oc2cc(C(F)(F)F)ccn2)C1. The lowest BCUT2D eigenvalue weighted by molar-refractivity contribution is -0.147. The lowest BCUT2D eigenvalue weighted by atomic mass is 10.1. The summed E-state index contributed by atoms with van der Waals surface area (Å²) in [6.45, 7) is -0.118. The normalized spacial score (nSPS) is 21.6. The quantitative estimate of drug-likeness (QED) is 0.627. The number of halogens is 3. The van der Waals surface area contributed by atoms with E-state index in [2.05, 4.69) is 4.98 Å². The van der Waals surface area contributed by atoms with Crippen LogP contribution in [0.25, 0.3) is 0 Å². The molecule has 3 rings (SSSR count). The van der Waals surface area contributed by atoms with Crippen LogP contribution in [0.5, 0.6) is 5.88 Å². The van der Waals surface area contributed by atoms with Crippen molar-refractivity contribution in [3.8, 4) is 5.88 Å². The number of hydrogen-bond acceptors (Lipinski definition) is 6. The van der Waals surface area contributed by atoms with E-state index in [-0.39, 0.29) is 50.2 Å². The maximum Gasteiger partial charge on any atom is 0.416 e. The van der Waals surface area contributed by atoms with Crippen LogP contribution in [0.1, 0.15) is 31.2 Å². The van der Waals surface area contributed by atoms with Gasteiger partial charge in [-0.3, -0.25) is 14.5 Å². The molecule has 2 amide bonds. The average molecular weight is 435 g/mol. The van der Waals surface area contributed by atoms with Crippen molar-refractivity contribution < 1.29 is 35.9 Å². The Kier molecular flexibility index (Phi) is 6.13. The molecule has 1 aromatic rings. The third kappa shape index (κ3) is 5.24. The van der Waals surface area contributed by atoms with Crippen molar-refractivity contribution in [1.82, 2.24) is 14.2 Å². The second kappa shape index (κ2) is 8.27. The van der Waals surface area contributed by atoms with E-state index in [1.807, 2.05) is 0 Å². The van der Waals surface area contributed by atoms with Gasteiger partial charge >= 0.3 is 6.18 Å². The zero-order valence-corrected chi connectivity index (χ0v) is 16.2. The number of hydrogen-bond donors (Lipinski definition) is 0. The number of alkyl halides is 3. The number of carbonyl (C=O) groups excluding carboxylic acids is 2. The molecule has 0 spiro atoms. The number of piperidine rings is 1. The van der Waals surface area contributed by atoms with E-state index in [1.54, 1.807) is 0 Å². The van der Waals surface area contributed by atoms with Gasteiger partial charge in [-0.2, -0.15) is 17.5 Å². The fourth-order valence-corrected chi connectivity index (χ4v) is 4.70. The second-order valence-electron chi connectivity index (χ2n) is 6.88. The molecule has 3 heterocycles. The first-order chi connectivity index (χ1) is 13.6. The van der Waals surface area contributed by atoms with Crippen molar-refractivity contribution in [2.24, 2.45) is 0 Å². The second-order valence-corrected chi connectivity index (χ2v) is 8.96. The fourth-order valence-electron chi connectivity index (χ4n) is 3.25. The highest BCUT2D eigenvalue weighted by Crippen LogP contribution is 2.31. The number of imide groups is 1. The van der Waals surface area contributed by atoms with E-state index in [9.17, 15) is 31.2 Å². The Labute approximate surface area is 165 Å². The molecule has 0 aromatic carbocycles. The monoisotopic (exact) mass is 435 g/mol. The zero-order valence-electron chi connectivity index (χ0n) is 15.4. The molecule has 2 saturated heterocycles. The Morgan fingerprint density at radius 2 is 1.90 bits per heavy atom. The number of pyridine rings is 1. The van der Waals surface area contributed by atoms with Crippen LogP contribution in [0.15, 0.2) is 18.3 Å². The summed E-state index contributed by atoms with van der Waals surface area (Å²) >= 11 is 0. The van der Waals surface area contributed by atoms with E-state index in [0.717, 1.165) is 27.5 Å². The Balaban J connectivity index is 1.57. The van der Waals surface area contributed by atoms with Crippen LogP contribution in [0.3, 0.4) is 0 Å². The van der Waals surface area contributed by atoms with Gasteiger partial charge in [0.25, 0.3) is 0 Å². The number of amides is 2. The van der Waals surface area contributed by atoms with Gasteiger partial charge in [-0.05, 0) is 18.9 Å². The van der Waals surface area contributed by atoms with Crippen LogP contribution in [-0.2, 0) is 25.8 Å². The van der Waals surface area contributed by atoms with E-state index in [4.69, 9.17) is 4.74 Å². The maximum absolute atomic E-state index is 12.8. The number of carbonyl (C=O) groups is 2. The van der Waals surface area contributed by atoms with Crippen LogP contribution >= 0.6 is 0 Å². The van der Waals surface area contributed by atoms with Gasteiger partial charge in [-0.25, -0.2) is 13.4 Å². The molecule has 12 heteroatoms. The van der Waals surface area contributed by atoms with Crippen molar-refractivity contribution in [2.45, 2.75) is 38.0 Å². The number of rotatable bonds is 6. The molecule has 8 nitrogen and oxygen atoms in total. The molecule has 0 N–H and O–H groups in total. The fraction of sp³-hybridized carbons (Fsp3) is 0.588. The minimum absolute atomic E-state index is 0.0395. The predicted octanol–water partition coefficient (Wildman–Crippen LogP) is 1.42. The molecule has 160 valence electrons. The van der Waals surface area contributed by atoms with Gasteiger partial charge in [-0.1, -0.05) is 0 Å². The Bertz CT molecular complexity index is 875. The number of aromatic nitrogens is 1. The third-order valence-corrected chi connectivity index (χ3v) is 6.62. The molecule has 1 atom stereocenters. The number of nitrogens with zero attached hydrogens (tertiary/aromatic N) is 3. The molecular weight excluding hydrogens is 415 g/mol. The highest BCUT2D eigenvalue weighted by atomic mass is 32.2. The van der Waals surface area contributed by atoms with Gasteiger partial charge in [-0.15, -0.1) is 0 Å². The van der Waals surface area contributed by atoms with Gasteiger partial charge in [0.15, 0.2) is 0 Å². The van der Waals surface area contributed by atoms with Crippen molar-refractivity contribution in [3.05, 3.63) is 23.9 Å². The summed E-state index contributed by atoms with van der Waals surface area (Å²) in [7, 11) is -3.76. The standard InChI is InChI=1S/C17H20F3N3O5S/c18-17(19,20)12-4-6-21-14(10-12)28-13-5-7-22(11-13)29(26,27)9-8-23-15(24)2-1-3-16(23)25/h4,6,10,13H,1-3,5,7-9,11H2. The molecule has 2 aliphatic rings. The summed E-state index contributed by atoms with van der Waals surface area (Å²) in [6.07, 6.45) is -3.00. The first-order valence-electron chi connectivity index (χ1n) is 9.07. The first-order valence-corrected chi connectivity index (χ1v) is 10.7. The Morgan fingerprint density at radius 3 is 2.55 bits per heavy atom. The first kappa shape index (κ1) is 21.5. The van der Waals surface area contributed by atoms with Crippen LogP contribution in [0.4, 0.5) is 13.2 Å². The molecule has 29 heavy (non-hydrogen) atoms. The minimum Gasteiger partial charge on any atom is -0.473 e. The van der Waals surface area contributed by atoms with Crippen molar-refractivity contribution in [1.29, 1.82) is 0 Å². The van der Waals surface area contributed by atoms with Gasteiger partial charge in [0, 0.05) is 38.2 Å². The van der Waals surface area contributed by atoms with E-state index in [0.29, 0.717) is 12.8 Å². The third-order valence-electron chi connectivity index (χ3n) is 4.81. The van der Waals surface area contributed by atoms with E-state index < -0.39 is 33.6 Å². The summed E-state index contributed by atoms with van der Waals surface area (Å²) < 4.78 is 70.0. The minimum atomic E-state index is -4.53. The summed E-state index contributed by atoms with van der Waals surface area (Å²) in [5.41, 5.74) is -0.902. The molecule has 0 bridgehead atoms. The topological polar surface area (TPSA) is 96.9 Å². The Hall–Kier alpha value is -2.21. The summed E-state index contributed by atoms with van der Waals surface area (Å²) in [4.78, 5) is 28.3. The van der Waals surface area contributed by atoms with Crippen LogP contribution in [-0.4, -0.2) is 65.9 Å². The van der Waals surface area contributed by atoms with Crippen LogP contribution in [0.2, 0.25) is 0 Å². The zero-order chi connectivity index (χ0) is 21.2. The van der Waals surface area contributed by atoms with Gasteiger partial charge in [0.1, 0.15) is 6.10 Å². The lowest BCUT2D eigenvalue weighted by Crippen LogP contribution is -2.44. The molecule has 0 saturated carbocycles. The van der Waals surface area contributed by atoms with Crippen molar-refractivity contribution >= 4 is 21.8 Å². The summed E-state index contributed by atoms with van der Waals surface area (Å²) in [5.74, 6) is -1.39. The summed E-state index contributed by atoms with van der Waals surface area (Å²) in [5, 5.41) is 0. The molecule has 2 aliphatic heterocycles. The van der Waals surface area contributed by atoms with E-state index in [1.165, 1.54) is 0 Å². The number of sulfonamides is 1.